The number of aliphatic imine (C=N–C) groups is 1. The van der Waals surface area contributed by atoms with Gasteiger partial charge in [-0.2, -0.15) is 0 Å². The third kappa shape index (κ3) is 5.94. The Kier molecular flexibility index (Phi) is 8.48. The van der Waals surface area contributed by atoms with Crippen LogP contribution in [-0.4, -0.2) is 67.7 Å². The van der Waals surface area contributed by atoms with Crippen LogP contribution in [0.3, 0.4) is 0 Å². The average molecular weight is 510 g/mol. The number of piperazine rings is 1. The van der Waals surface area contributed by atoms with E-state index >= 15 is 0 Å². The van der Waals surface area contributed by atoms with Gasteiger partial charge in [0.1, 0.15) is 5.75 Å². The molecule has 0 spiro atoms. The Labute approximate surface area is 190 Å². The summed E-state index contributed by atoms with van der Waals surface area (Å²) in [7, 11) is 3.54. The molecule has 2 heterocycles. The number of rotatable bonds is 5. The van der Waals surface area contributed by atoms with Crippen molar-refractivity contribution < 1.29 is 4.74 Å². The van der Waals surface area contributed by atoms with Crippen molar-refractivity contribution in [3.63, 3.8) is 0 Å². The van der Waals surface area contributed by atoms with Crippen LogP contribution in [-0.2, 0) is 5.41 Å². The molecule has 0 unspecified atom stereocenters. The van der Waals surface area contributed by atoms with Crippen molar-refractivity contribution in [3.8, 4) is 5.75 Å². The fraction of sp³-hybridized carbons (Fsp3) is 0.476. The molecule has 1 aliphatic rings. The average Bonchev–Trinajstić information content (AvgIpc) is 2.75. The van der Waals surface area contributed by atoms with Gasteiger partial charge in [-0.15, -0.1) is 24.0 Å². The fourth-order valence-electron chi connectivity index (χ4n) is 3.35. The lowest BCUT2D eigenvalue weighted by Gasteiger charge is -2.37. The van der Waals surface area contributed by atoms with Gasteiger partial charge in [0.05, 0.1) is 7.11 Å². The second-order valence-corrected chi connectivity index (χ2v) is 7.54. The number of benzene rings is 1. The third-order valence-electron chi connectivity index (χ3n) is 5.17. The van der Waals surface area contributed by atoms with E-state index < -0.39 is 0 Å². The van der Waals surface area contributed by atoms with Crippen LogP contribution in [0.4, 0.5) is 5.95 Å². The number of nitrogens with one attached hydrogen (secondary N) is 1. The topological polar surface area (TPSA) is 65.9 Å². The van der Waals surface area contributed by atoms with Crippen molar-refractivity contribution in [2.75, 3.05) is 51.8 Å². The Bertz CT molecular complexity index is 791. The molecule has 1 saturated heterocycles. The van der Waals surface area contributed by atoms with Gasteiger partial charge in [0.2, 0.25) is 5.95 Å². The lowest BCUT2D eigenvalue weighted by Crippen LogP contribution is -2.54. The van der Waals surface area contributed by atoms with E-state index in [-0.39, 0.29) is 29.4 Å². The summed E-state index contributed by atoms with van der Waals surface area (Å²) in [6.07, 6.45) is 3.58. The van der Waals surface area contributed by atoms with Gasteiger partial charge in [0.25, 0.3) is 0 Å². The molecule has 1 aromatic carbocycles. The van der Waals surface area contributed by atoms with Gasteiger partial charge in [-0.1, -0.05) is 26.0 Å². The first-order valence-electron chi connectivity index (χ1n) is 9.65. The molecule has 1 N–H and O–H groups in total. The van der Waals surface area contributed by atoms with Crippen LogP contribution in [0.15, 0.2) is 47.7 Å². The van der Waals surface area contributed by atoms with E-state index in [2.05, 4.69) is 56.1 Å². The maximum absolute atomic E-state index is 5.37. The first-order chi connectivity index (χ1) is 13.5. The number of hydrogen-bond donors (Lipinski definition) is 1. The van der Waals surface area contributed by atoms with Crippen molar-refractivity contribution in [1.82, 2.24) is 20.2 Å². The van der Waals surface area contributed by atoms with Crippen molar-refractivity contribution in [2.45, 2.75) is 19.3 Å². The van der Waals surface area contributed by atoms with Crippen LogP contribution in [0.2, 0.25) is 0 Å². The van der Waals surface area contributed by atoms with E-state index in [1.807, 2.05) is 25.2 Å². The molecule has 3 rings (SSSR count). The summed E-state index contributed by atoms with van der Waals surface area (Å²) < 4.78 is 5.37. The maximum Gasteiger partial charge on any atom is 0.225 e. The van der Waals surface area contributed by atoms with E-state index in [1.54, 1.807) is 19.5 Å². The molecule has 0 radical (unpaired) electrons. The van der Waals surface area contributed by atoms with Gasteiger partial charge in [0, 0.05) is 57.6 Å². The standard InChI is InChI=1S/C21H30N6O.HI/c1-21(2,17-7-5-8-18(15-17)28-4)16-25-19(22-3)26-11-13-27(14-12-26)20-23-9-6-10-24-20;/h5-10,15H,11-14,16H2,1-4H3,(H,22,25);1H. The molecule has 1 fully saturated rings. The van der Waals surface area contributed by atoms with E-state index in [1.165, 1.54) is 5.56 Å². The minimum atomic E-state index is -0.0514. The molecule has 7 nitrogen and oxygen atoms in total. The highest BCUT2D eigenvalue weighted by molar-refractivity contribution is 14.0. The zero-order valence-corrected chi connectivity index (χ0v) is 20.0. The van der Waals surface area contributed by atoms with Crippen LogP contribution in [0, 0.1) is 0 Å². The minimum absolute atomic E-state index is 0. The predicted molar refractivity (Wildman–Crippen MR) is 129 cm³/mol. The Morgan fingerprint density at radius 2 is 1.83 bits per heavy atom. The highest BCUT2D eigenvalue weighted by atomic mass is 127. The number of aromatic nitrogens is 2. The highest BCUT2D eigenvalue weighted by Crippen LogP contribution is 2.25. The quantitative estimate of drug-likeness (QED) is 0.379. The molecule has 8 heteroatoms. The number of hydrogen-bond acceptors (Lipinski definition) is 5. The largest absolute Gasteiger partial charge is 0.497 e. The SMILES string of the molecule is CN=C(NCC(C)(C)c1cccc(OC)c1)N1CCN(c2ncccn2)CC1.I. The lowest BCUT2D eigenvalue weighted by molar-refractivity contribution is 0.364. The summed E-state index contributed by atoms with van der Waals surface area (Å²) in [5.41, 5.74) is 1.19. The first-order valence-corrected chi connectivity index (χ1v) is 9.65. The second kappa shape index (κ2) is 10.6. The molecular formula is C21H31IN6O. The summed E-state index contributed by atoms with van der Waals surface area (Å²) in [5.74, 6) is 2.61. The maximum atomic E-state index is 5.37. The number of halogens is 1. The normalized spacial score (nSPS) is 15.0. The van der Waals surface area contributed by atoms with E-state index in [4.69, 9.17) is 4.74 Å². The molecule has 0 aliphatic carbocycles. The Morgan fingerprint density at radius 1 is 1.14 bits per heavy atom. The number of anilines is 1. The van der Waals surface area contributed by atoms with E-state index in [9.17, 15) is 0 Å². The lowest BCUT2D eigenvalue weighted by atomic mass is 9.84. The van der Waals surface area contributed by atoms with Crippen molar-refractivity contribution in [3.05, 3.63) is 48.3 Å². The van der Waals surface area contributed by atoms with Crippen LogP contribution in [0.1, 0.15) is 19.4 Å². The summed E-state index contributed by atoms with van der Waals surface area (Å²) in [5, 5.41) is 3.56. The smallest absolute Gasteiger partial charge is 0.225 e. The molecule has 0 amide bonds. The molecule has 29 heavy (non-hydrogen) atoms. The van der Waals surface area contributed by atoms with Crippen LogP contribution >= 0.6 is 24.0 Å². The van der Waals surface area contributed by atoms with Gasteiger partial charge >= 0.3 is 0 Å². The molecular weight excluding hydrogens is 479 g/mol. The fourth-order valence-corrected chi connectivity index (χ4v) is 3.35. The zero-order chi connectivity index (χ0) is 20.0. The Hall–Kier alpha value is -2.10. The van der Waals surface area contributed by atoms with E-state index in [0.29, 0.717) is 0 Å². The summed E-state index contributed by atoms with van der Waals surface area (Å²) >= 11 is 0. The Morgan fingerprint density at radius 3 is 2.45 bits per heavy atom. The molecule has 0 saturated carbocycles. The Balaban J connectivity index is 0.00000300. The van der Waals surface area contributed by atoms with Gasteiger partial charge in [-0.3, -0.25) is 4.99 Å². The van der Waals surface area contributed by atoms with E-state index in [0.717, 1.165) is 50.4 Å². The molecule has 1 aromatic heterocycles. The minimum Gasteiger partial charge on any atom is -0.497 e. The van der Waals surface area contributed by atoms with Crippen molar-refractivity contribution in [2.24, 2.45) is 4.99 Å². The van der Waals surface area contributed by atoms with Crippen LogP contribution < -0.4 is 15.0 Å². The highest BCUT2D eigenvalue weighted by Gasteiger charge is 2.25. The molecule has 1 aliphatic heterocycles. The summed E-state index contributed by atoms with van der Waals surface area (Å²) in [6, 6.07) is 10.1. The van der Waals surface area contributed by atoms with Gasteiger partial charge < -0.3 is 19.9 Å². The number of guanidine groups is 1. The molecule has 0 bridgehead atoms. The van der Waals surface area contributed by atoms with Gasteiger partial charge in [0.15, 0.2) is 5.96 Å². The van der Waals surface area contributed by atoms with Gasteiger partial charge in [-0.25, -0.2) is 9.97 Å². The number of methoxy groups -OCH3 is 1. The number of ether oxygens (including phenoxy) is 1. The van der Waals surface area contributed by atoms with Crippen molar-refractivity contribution in [1.29, 1.82) is 0 Å². The number of nitrogens with zero attached hydrogens (tertiary/aromatic N) is 5. The zero-order valence-electron chi connectivity index (χ0n) is 17.6. The summed E-state index contributed by atoms with van der Waals surface area (Å²) in [4.78, 5) is 17.7. The molecule has 0 atom stereocenters. The second-order valence-electron chi connectivity index (χ2n) is 7.54. The third-order valence-corrected chi connectivity index (χ3v) is 5.17. The first kappa shape index (κ1) is 23.2. The monoisotopic (exact) mass is 510 g/mol. The molecule has 158 valence electrons. The predicted octanol–water partition coefficient (Wildman–Crippen LogP) is 2.78. The van der Waals surface area contributed by atoms with Crippen LogP contribution in [0.25, 0.3) is 0 Å². The summed E-state index contributed by atoms with van der Waals surface area (Å²) in [6.45, 7) is 8.78. The van der Waals surface area contributed by atoms with Crippen molar-refractivity contribution >= 4 is 35.9 Å². The molecule has 2 aromatic rings. The van der Waals surface area contributed by atoms with Gasteiger partial charge in [-0.05, 0) is 23.8 Å². The van der Waals surface area contributed by atoms with Crippen LogP contribution in [0.5, 0.6) is 5.75 Å².